The Morgan fingerprint density at radius 3 is 2.46 bits per heavy atom. The lowest BCUT2D eigenvalue weighted by Crippen LogP contribution is -2.40. The number of likely N-dealkylation sites (tertiary alicyclic amines) is 1. The molecular formula is C23H32ClN3O. The quantitative estimate of drug-likeness (QED) is 0.699. The Balaban J connectivity index is 0.00000280. The van der Waals surface area contributed by atoms with E-state index in [0.29, 0.717) is 13.0 Å². The molecule has 0 aliphatic carbocycles. The number of hydrogen-bond donors (Lipinski definition) is 2. The number of nitrogens with two attached hydrogens (primary N) is 1. The van der Waals surface area contributed by atoms with Crippen LogP contribution in [0, 0.1) is 0 Å². The summed E-state index contributed by atoms with van der Waals surface area (Å²) in [6.45, 7) is 6.00. The molecule has 0 radical (unpaired) electrons. The first-order valence-electron chi connectivity index (χ1n) is 10.1. The molecule has 28 heavy (non-hydrogen) atoms. The van der Waals surface area contributed by atoms with Crippen molar-refractivity contribution < 1.29 is 4.79 Å². The summed E-state index contributed by atoms with van der Waals surface area (Å²) >= 11 is 0. The smallest absolute Gasteiger partial charge is 0.237 e. The summed E-state index contributed by atoms with van der Waals surface area (Å²) in [6.07, 6.45) is 4.26. The van der Waals surface area contributed by atoms with Gasteiger partial charge < -0.3 is 11.1 Å². The van der Waals surface area contributed by atoms with Crippen molar-refractivity contribution in [2.24, 2.45) is 5.73 Å². The molecule has 1 fully saturated rings. The zero-order chi connectivity index (χ0) is 19.1. The van der Waals surface area contributed by atoms with Crippen LogP contribution >= 0.6 is 12.4 Å². The molecule has 0 aromatic heterocycles. The van der Waals surface area contributed by atoms with E-state index in [1.807, 2.05) is 19.1 Å². The van der Waals surface area contributed by atoms with Crippen LogP contribution in [0.2, 0.25) is 0 Å². The molecular weight excluding hydrogens is 370 g/mol. The summed E-state index contributed by atoms with van der Waals surface area (Å²) < 4.78 is 0. The second-order valence-electron chi connectivity index (χ2n) is 7.45. The predicted octanol–water partition coefficient (Wildman–Crippen LogP) is 4.11. The Labute approximate surface area is 174 Å². The second-order valence-corrected chi connectivity index (χ2v) is 7.45. The first-order chi connectivity index (χ1) is 13.2. The van der Waals surface area contributed by atoms with Gasteiger partial charge in [-0.05, 0) is 54.6 Å². The summed E-state index contributed by atoms with van der Waals surface area (Å²) in [5, 5.41) is 2.98. The van der Waals surface area contributed by atoms with Gasteiger partial charge >= 0.3 is 0 Å². The molecule has 2 aromatic carbocycles. The fraction of sp³-hybridized carbons (Fsp3) is 0.435. The van der Waals surface area contributed by atoms with E-state index in [1.54, 1.807) is 0 Å². The molecule has 1 saturated heterocycles. The van der Waals surface area contributed by atoms with Crippen LogP contribution in [-0.2, 0) is 17.9 Å². The van der Waals surface area contributed by atoms with Gasteiger partial charge in [0.05, 0.1) is 6.04 Å². The van der Waals surface area contributed by atoms with Crippen LogP contribution in [0.15, 0.2) is 48.5 Å². The summed E-state index contributed by atoms with van der Waals surface area (Å²) in [5.74, 6) is -0.0763. The Kier molecular flexibility index (Phi) is 8.97. The Morgan fingerprint density at radius 1 is 1.11 bits per heavy atom. The lowest BCUT2D eigenvalue weighted by Gasteiger charge is -2.16. The van der Waals surface area contributed by atoms with E-state index in [2.05, 4.69) is 46.6 Å². The highest BCUT2D eigenvalue weighted by Crippen LogP contribution is 2.25. The number of rotatable bonds is 8. The maximum Gasteiger partial charge on any atom is 0.237 e. The minimum Gasteiger partial charge on any atom is -0.351 e. The van der Waals surface area contributed by atoms with Gasteiger partial charge in [-0.15, -0.1) is 12.4 Å². The van der Waals surface area contributed by atoms with E-state index in [9.17, 15) is 4.79 Å². The highest BCUT2D eigenvalue weighted by molar-refractivity contribution is 5.85. The maximum absolute atomic E-state index is 12.1. The fourth-order valence-electron chi connectivity index (χ4n) is 3.70. The van der Waals surface area contributed by atoms with E-state index < -0.39 is 6.04 Å². The lowest BCUT2D eigenvalue weighted by molar-refractivity contribution is -0.122. The fourth-order valence-corrected chi connectivity index (χ4v) is 3.70. The Morgan fingerprint density at radius 2 is 1.79 bits per heavy atom. The SMILES string of the molecule is CCCC(N)C(=O)NCc1ccccc1-c1ccc(CN2CCCC2)cc1.Cl. The van der Waals surface area contributed by atoms with Crippen LogP contribution in [0.25, 0.3) is 11.1 Å². The number of amides is 1. The van der Waals surface area contributed by atoms with Crippen molar-refractivity contribution >= 4 is 18.3 Å². The van der Waals surface area contributed by atoms with Gasteiger partial charge in [-0.3, -0.25) is 9.69 Å². The molecule has 0 spiro atoms. The van der Waals surface area contributed by atoms with E-state index in [-0.39, 0.29) is 18.3 Å². The van der Waals surface area contributed by atoms with Crippen molar-refractivity contribution in [1.82, 2.24) is 10.2 Å². The van der Waals surface area contributed by atoms with E-state index >= 15 is 0 Å². The molecule has 4 nitrogen and oxygen atoms in total. The molecule has 1 atom stereocenters. The summed E-state index contributed by atoms with van der Waals surface area (Å²) in [5.41, 5.74) is 10.7. The van der Waals surface area contributed by atoms with Crippen molar-refractivity contribution in [2.45, 2.75) is 51.7 Å². The van der Waals surface area contributed by atoms with Crippen molar-refractivity contribution in [1.29, 1.82) is 0 Å². The van der Waals surface area contributed by atoms with Crippen LogP contribution in [0.3, 0.4) is 0 Å². The Hall–Kier alpha value is -1.88. The van der Waals surface area contributed by atoms with E-state index in [1.165, 1.54) is 37.1 Å². The maximum atomic E-state index is 12.1. The number of carbonyl (C=O) groups is 1. The van der Waals surface area contributed by atoms with Crippen molar-refractivity contribution in [3.63, 3.8) is 0 Å². The molecule has 152 valence electrons. The summed E-state index contributed by atoms with van der Waals surface area (Å²) in [6, 6.07) is 16.6. The number of halogens is 1. The number of carbonyl (C=O) groups excluding carboxylic acids is 1. The van der Waals surface area contributed by atoms with Gasteiger partial charge in [0.2, 0.25) is 5.91 Å². The molecule has 3 N–H and O–H groups in total. The molecule has 2 aromatic rings. The lowest BCUT2D eigenvalue weighted by atomic mass is 9.98. The van der Waals surface area contributed by atoms with Crippen molar-refractivity contribution in [3.8, 4) is 11.1 Å². The topological polar surface area (TPSA) is 58.4 Å². The molecule has 5 heteroatoms. The molecule has 1 amide bonds. The van der Waals surface area contributed by atoms with Crippen LogP contribution in [0.1, 0.15) is 43.7 Å². The van der Waals surface area contributed by atoms with Gasteiger partial charge in [0.15, 0.2) is 0 Å². The highest BCUT2D eigenvalue weighted by atomic mass is 35.5. The average Bonchev–Trinajstić information content (AvgIpc) is 3.20. The van der Waals surface area contributed by atoms with Gasteiger partial charge in [-0.1, -0.05) is 61.9 Å². The first kappa shape index (κ1) is 22.4. The Bertz CT molecular complexity index is 742. The van der Waals surface area contributed by atoms with Crippen LogP contribution in [0.4, 0.5) is 0 Å². The molecule has 0 bridgehead atoms. The minimum absolute atomic E-state index is 0. The van der Waals surface area contributed by atoms with Gasteiger partial charge in [0.1, 0.15) is 0 Å². The standard InChI is InChI=1S/C23H31N3O.ClH/c1-2-7-22(24)23(27)25-16-20-8-3-4-9-21(20)19-12-10-18(11-13-19)17-26-14-5-6-15-26;/h3-4,8-13,22H,2,5-7,14-17,24H2,1H3,(H,25,27);1H. The monoisotopic (exact) mass is 401 g/mol. The normalized spacial score (nSPS) is 15.1. The van der Waals surface area contributed by atoms with Crippen molar-refractivity contribution in [3.05, 3.63) is 59.7 Å². The van der Waals surface area contributed by atoms with Crippen LogP contribution in [0.5, 0.6) is 0 Å². The zero-order valence-electron chi connectivity index (χ0n) is 16.7. The molecule has 0 saturated carbocycles. The number of nitrogens with one attached hydrogen (secondary N) is 1. The molecule has 1 aliphatic rings. The third kappa shape index (κ3) is 6.06. The van der Waals surface area contributed by atoms with Crippen LogP contribution < -0.4 is 11.1 Å². The average molecular weight is 402 g/mol. The van der Waals surface area contributed by atoms with E-state index in [0.717, 1.165) is 24.1 Å². The summed E-state index contributed by atoms with van der Waals surface area (Å²) in [4.78, 5) is 14.6. The molecule has 1 aliphatic heterocycles. The van der Waals surface area contributed by atoms with Gasteiger partial charge in [0, 0.05) is 13.1 Å². The molecule has 1 heterocycles. The third-order valence-corrected chi connectivity index (χ3v) is 5.28. The van der Waals surface area contributed by atoms with E-state index in [4.69, 9.17) is 5.73 Å². The zero-order valence-corrected chi connectivity index (χ0v) is 17.5. The van der Waals surface area contributed by atoms with Gasteiger partial charge in [-0.25, -0.2) is 0 Å². The number of hydrogen-bond acceptors (Lipinski definition) is 3. The number of benzene rings is 2. The van der Waals surface area contributed by atoms with Crippen molar-refractivity contribution in [2.75, 3.05) is 13.1 Å². The molecule has 3 rings (SSSR count). The summed E-state index contributed by atoms with van der Waals surface area (Å²) in [7, 11) is 0. The van der Waals surface area contributed by atoms with Gasteiger partial charge in [0.25, 0.3) is 0 Å². The minimum atomic E-state index is -0.424. The largest absolute Gasteiger partial charge is 0.351 e. The predicted molar refractivity (Wildman–Crippen MR) is 118 cm³/mol. The first-order valence-corrected chi connectivity index (χ1v) is 10.1. The second kappa shape index (κ2) is 11.2. The molecule has 1 unspecified atom stereocenters. The van der Waals surface area contributed by atoms with Crippen LogP contribution in [-0.4, -0.2) is 29.9 Å². The van der Waals surface area contributed by atoms with Gasteiger partial charge in [-0.2, -0.15) is 0 Å². The number of nitrogens with zero attached hydrogens (tertiary/aromatic N) is 1. The third-order valence-electron chi connectivity index (χ3n) is 5.28. The highest BCUT2D eigenvalue weighted by Gasteiger charge is 2.14.